The van der Waals surface area contributed by atoms with E-state index >= 15 is 0 Å². The van der Waals surface area contributed by atoms with E-state index in [1.165, 1.54) is 0 Å². The van der Waals surface area contributed by atoms with Crippen LogP contribution in [0.25, 0.3) is 0 Å². The Kier molecular flexibility index (Phi) is 8.49. The van der Waals surface area contributed by atoms with Crippen LogP contribution in [-0.2, 0) is 4.74 Å². The van der Waals surface area contributed by atoms with Crippen molar-refractivity contribution in [1.82, 2.24) is 5.32 Å². The van der Waals surface area contributed by atoms with E-state index in [2.05, 4.69) is 24.5 Å². The predicted molar refractivity (Wildman–Crippen MR) is 110 cm³/mol. The van der Waals surface area contributed by atoms with Gasteiger partial charge in [-0.3, -0.25) is 9.59 Å². The highest BCUT2D eigenvalue weighted by atomic mass is 16.5. The summed E-state index contributed by atoms with van der Waals surface area (Å²) in [6, 6.07) is 13.8. The third-order valence-electron chi connectivity index (χ3n) is 4.05. The summed E-state index contributed by atoms with van der Waals surface area (Å²) < 4.78 is 10.6. The summed E-state index contributed by atoms with van der Waals surface area (Å²) >= 11 is 0. The van der Waals surface area contributed by atoms with Crippen molar-refractivity contribution < 1.29 is 19.1 Å². The SMILES string of the molecule is COCCNC(=O)c1cccc(NC(=O)c2ccc(OCCC(C)C)cc2)c1. The molecule has 2 N–H and O–H groups in total. The number of hydrogen-bond donors (Lipinski definition) is 2. The van der Waals surface area contributed by atoms with Crippen LogP contribution in [0.2, 0.25) is 0 Å². The maximum absolute atomic E-state index is 12.5. The zero-order valence-corrected chi connectivity index (χ0v) is 16.7. The van der Waals surface area contributed by atoms with Crippen molar-refractivity contribution in [3.05, 3.63) is 59.7 Å². The summed E-state index contributed by atoms with van der Waals surface area (Å²) in [7, 11) is 1.58. The number of hydrogen-bond acceptors (Lipinski definition) is 4. The molecule has 0 radical (unpaired) electrons. The third kappa shape index (κ3) is 7.04. The number of methoxy groups -OCH3 is 1. The fourth-order valence-electron chi connectivity index (χ4n) is 2.43. The Morgan fingerprint density at radius 3 is 2.39 bits per heavy atom. The van der Waals surface area contributed by atoms with Gasteiger partial charge in [0.25, 0.3) is 11.8 Å². The molecule has 0 aliphatic rings. The highest BCUT2D eigenvalue weighted by Crippen LogP contribution is 2.16. The fraction of sp³-hybridized carbons (Fsp3) is 0.364. The first-order valence-corrected chi connectivity index (χ1v) is 9.41. The monoisotopic (exact) mass is 384 g/mol. The van der Waals surface area contributed by atoms with Gasteiger partial charge in [0.2, 0.25) is 0 Å². The summed E-state index contributed by atoms with van der Waals surface area (Å²) in [5.41, 5.74) is 1.55. The molecule has 2 aromatic carbocycles. The molecule has 0 aliphatic carbocycles. The van der Waals surface area contributed by atoms with E-state index in [9.17, 15) is 9.59 Å². The van der Waals surface area contributed by atoms with Crippen molar-refractivity contribution in [2.24, 2.45) is 5.92 Å². The number of nitrogens with one attached hydrogen (secondary N) is 2. The number of anilines is 1. The molecule has 0 saturated carbocycles. The quantitative estimate of drug-likeness (QED) is 0.612. The molecule has 0 atom stereocenters. The molecule has 2 rings (SSSR count). The van der Waals surface area contributed by atoms with Crippen LogP contribution in [0, 0.1) is 5.92 Å². The smallest absolute Gasteiger partial charge is 0.255 e. The zero-order valence-electron chi connectivity index (χ0n) is 16.7. The van der Waals surface area contributed by atoms with Crippen molar-refractivity contribution in [2.75, 3.05) is 32.2 Å². The van der Waals surface area contributed by atoms with Gasteiger partial charge >= 0.3 is 0 Å². The maximum atomic E-state index is 12.5. The van der Waals surface area contributed by atoms with Crippen LogP contribution in [0.4, 0.5) is 5.69 Å². The van der Waals surface area contributed by atoms with Gasteiger partial charge < -0.3 is 20.1 Å². The highest BCUT2D eigenvalue weighted by Gasteiger charge is 2.09. The molecule has 6 nitrogen and oxygen atoms in total. The van der Waals surface area contributed by atoms with Crippen molar-refractivity contribution in [3.8, 4) is 5.75 Å². The third-order valence-corrected chi connectivity index (χ3v) is 4.05. The van der Waals surface area contributed by atoms with Gasteiger partial charge in [0.05, 0.1) is 13.2 Å². The predicted octanol–water partition coefficient (Wildman–Crippen LogP) is 3.74. The molecule has 0 unspecified atom stereocenters. The fourth-order valence-corrected chi connectivity index (χ4v) is 2.43. The van der Waals surface area contributed by atoms with Crippen molar-refractivity contribution >= 4 is 17.5 Å². The molecule has 28 heavy (non-hydrogen) atoms. The number of rotatable bonds is 10. The Morgan fingerprint density at radius 1 is 0.964 bits per heavy atom. The summed E-state index contributed by atoms with van der Waals surface area (Å²) in [4.78, 5) is 24.6. The molecule has 0 fully saturated rings. The number of amides is 2. The minimum Gasteiger partial charge on any atom is -0.494 e. The van der Waals surface area contributed by atoms with Crippen LogP contribution < -0.4 is 15.4 Å². The van der Waals surface area contributed by atoms with Gasteiger partial charge in [0, 0.05) is 30.5 Å². The van der Waals surface area contributed by atoms with E-state index in [1.54, 1.807) is 55.6 Å². The van der Waals surface area contributed by atoms with Gasteiger partial charge in [-0.15, -0.1) is 0 Å². The molecule has 0 heterocycles. The molecule has 0 saturated heterocycles. The van der Waals surface area contributed by atoms with Crippen LogP contribution in [-0.4, -0.2) is 38.7 Å². The Labute approximate surface area is 166 Å². The van der Waals surface area contributed by atoms with Gasteiger partial charge in [-0.05, 0) is 54.8 Å². The van der Waals surface area contributed by atoms with Crippen LogP contribution in [0.5, 0.6) is 5.75 Å². The molecular formula is C22H28N2O4. The Bertz CT molecular complexity index is 772. The van der Waals surface area contributed by atoms with E-state index < -0.39 is 0 Å². The van der Waals surface area contributed by atoms with Crippen LogP contribution in [0.15, 0.2) is 48.5 Å². The minimum atomic E-state index is -0.245. The number of carbonyl (C=O) groups is 2. The van der Waals surface area contributed by atoms with E-state index in [-0.39, 0.29) is 11.8 Å². The van der Waals surface area contributed by atoms with Crippen LogP contribution in [0.3, 0.4) is 0 Å². The largest absolute Gasteiger partial charge is 0.494 e. The van der Waals surface area contributed by atoms with Gasteiger partial charge in [-0.25, -0.2) is 0 Å². The Balaban J connectivity index is 1.93. The topological polar surface area (TPSA) is 76.7 Å². The Morgan fingerprint density at radius 2 is 1.71 bits per heavy atom. The van der Waals surface area contributed by atoms with E-state index in [1.807, 2.05) is 0 Å². The second kappa shape index (κ2) is 11.1. The lowest BCUT2D eigenvalue weighted by atomic mass is 10.1. The summed E-state index contributed by atoms with van der Waals surface area (Å²) in [5, 5.41) is 5.57. The molecule has 2 amide bonds. The van der Waals surface area contributed by atoms with Gasteiger partial charge in [0.15, 0.2) is 0 Å². The summed E-state index contributed by atoms with van der Waals surface area (Å²) in [6.45, 7) is 5.82. The first-order valence-electron chi connectivity index (χ1n) is 9.41. The summed E-state index contributed by atoms with van der Waals surface area (Å²) in [6.07, 6.45) is 0.984. The first-order chi connectivity index (χ1) is 13.5. The average molecular weight is 384 g/mol. The zero-order chi connectivity index (χ0) is 20.4. The van der Waals surface area contributed by atoms with E-state index in [0.29, 0.717) is 42.5 Å². The van der Waals surface area contributed by atoms with Crippen molar-refractivity contribution in [1.29, 1.82) is 0 Å². The number of ether oxygens (including phenoxy) is 2. The lowest BCUT2D eigenvalue weighted by molar-refractivity contribution is 0.0936. The highest BCUT2D eigenvalue weighted by molar-refractivity contribution is 6.05. The van der Waals surface area contributed by atoms with Crippen LogP contribution >= 0.6 is 0 Å². The van der Waals surface area contributed by atoms with E-state index in [4.69, 9.17) is 9.47 Å². The second-order valence-electron chi connectivity index (χ2n) is 6.84. The molecule has 0 spiro atoms. The van der Waals surface area contributed by atoms with Crippen molar-refractivity contribution in [3.63, 3.8) is 0 Å². The van der Waals surface area contributed by atoms with Gasteiger partial charge in [0.1, 0.15) is 5.75 Å². The molecule has 6 heteroatoms. The van der Waals surface area contributed by atoms with Gasteiger partial charge in [-0.1, -0.05) is 19.9 Å². The van der Waals surface area contributed by atoms with E-state index in [0.717, 1.165) is 12.2 Å². The minimum absolute atomic E-state index is 0.212. The number of carbonyl (C=O) groups excluding carboxylic acids is 2. The lowest BCUT2D eigenvalue weighted by Crippen LogP contribution is -2.27. The van der Waals surface area contributed by atoms with Crippen molar-refractivity contribution in [2.45, 2.75) is 20.3 Å². The average Bonchev–Trinajstić information content (AvgIpc) is 2.68. The molecule has 0 aliphatic heterocycles. The Hall–Kier alpha value is -2.86. The molecule has 0 bridgehead atoms. The molecule has 2 aromatic rings. The molecule has 150 valence electrons. The van der Waals surface area contributed by atoms with Gasteiger partial charge in [-0.2, -0.15) is 0 Å². The number of benzene rings is 2. The maximum Gasteiger partial charge on any atom is 0.255 e. The summed E-state index contributed by atoms with van der Waals surface area (Å²) in [5.74, 6) is 0.872. The van der Waals surface area contributed by atoms with Crippen LogP contribution in [0.1, 0.15) is 41.0 Å². The molecular weight excluding hydrogens is 356 g/mol. The lowest BCUT2D eigenvalue weighted by Gasteiger charge is -2.10. The first kappa shape index (κ1) is 21.4. The standard InChI is InChI=1S/C22H28N2O4/c1-16(2)11-13-28-20-9-7-17(8-10-20)22(26)24-19-6-4-5-18(15-19)21(25)23-12-14-27-3/h4-10,15-16H,11-14H2,1-3H3,(H,23,25)(H,24,26). The second-order valence-corrected chi connectivity index (χ2v) is 6.84. The molecule has 0 aromatic heterocycles. The normalized spacial score (nSPS) is 10.6.